The van der Waals surface area contributed by atoms with Crippen LogP contribution in [0.3, 0.4) is 0 Å². The molecule has 0 spiro atoms. The van der Waals surface area contributed by atoms with E-state index in [1.165, 1.54) is 11.3 Å². The molecule has 172 valence electrons. The predicted octanol–water partition coefficient (Wildman–Crippen LogP) is 5.83. The highest BCUT2D eigenvalue weighted by atomic mass is 32.1. The van der Waals surface area contributed by atoms with Gasteiger partial charge in [-0.15, -0.1) is 11.3 Å². The van der Waals surface area contributed by atoms with Gasteiger partial charge in [-0.25, -0.2) is 14.8 Å². The predicted molar refractivity (Wildman–Crippen MR) is 139 cm³/mol. The number of nitrogens with one attached hydrogen (secondary N) is 2. The highest BCUT2D eigenvalue weighted by molar-refractivity contribution is 7.25. The minimum Gasteiger partial charge on any atom is -0.462 e. The van der Waals surface area contributed by atoms with Crippen LogP contribution in [-0.4, -0.2) is 32.5 Å². The van der Waals surface area contributed by atoms with Crippen LogP contribution in [-0.2, 0) is 4.74 Å². The first-order valence-electron chi connectivity index (χ1n) is 11.2. The zero-order valence-electron chi connectivity index (χ0n) is 19.0. The van der Waals surface area contributed by atoms with Crippen LogP contribution in [0.2, 0.25) is 0 Å². The Morgan fingerprint density at radius 1 is 1.06 bits per heavy atom. The van der Waals surface area contributed by atoms with Gasteiger partial charge in [0.05, 0.1) is 23.4 Å². The van der Waals surface area contributed by atoms with E-state index >= 15 is 0 Å². The van der Waals surface area contributed by atoms with Crippen molar-refractivity contribution in [2.45, 2.75) is 13.8 Å². The zero-order valence-corrected chi connectivity index (χ0v) is 19.8. The number of hydrogen-bond acceptors (Lipinski definition) is 6. The summed E-state index contributed by atoms with van der Waals surface area (Å²) in [5.41, 5.74) is 4.38. The van der Waals surface area contributed by atoms with E-state index in [4.69, 9.17) is 9.72 Å². The molecule has 4 aromatic heterocycles. The molecular weight excluding hydrogens is 460 g/mol. The first-order chi connectivity index (χ1) is 17.1. The molecule has 0 bridgehead atoms. The third-order valence-electron chi connectivity index (χ3n) is 5.98. The van der Waals surface area contributed by atoms with Crippen LogP contribution in [0.4, 0.5) is 0 Å². The van der Waals surface area contributed by atoms with E-state index in [0.29, 0.717) is 43.1 Å². The lowest BCUT2D eigenvalue weighted by Crippen LogP contribution is -2.11. The van der Waals surface area contributed by atoms with Gasteiger partial charge in [0.1, 0.15) is 15.4 Å². The van der Waals surface area contributed by atoms with Gasteiger partial charge in [0.25, 0.3) is 5.56 Å². The number of carbonyl (C=O) groups is 1. The van der Waals surface area contributed by atoms with Crippen molar-refractivity contribution in [2.24, 2.45) is 0 Å². The Morgan fingerprint density at radius 3 is 2.63 bits per heavy atom. The fourth-order valence-electron chi connectivity index (χ4n) is 4.55. The van der Waals surface area contributed by atoms with Crippen molar-refractivity contribution in [1.29, 1.82) is 0 Å². The lowest BCUT2D eigenvalue weighted by atomic mass is 9.93. The molecule has 8 heteroatoms. The van der Waals surface area contributed by atoms with Gasteiger partial charge < -0.3 is 14.7 Å². The maximum absolute atomic E-state index is 13.6. The number of carbonyl (C=O) groups excluding carboxylic acids is 1. The molecule has 0 aliphatic carbocycles. The third kappa shape index (κ3) is 3.33. The maximum atomic E-state index is 13.6. The molecule has 7 nitrogen and oxygen atoms in total. The average molecular weight is 481 g/mol. The number of rotatable bonds is 4. The van der Waals surface area contributed by atoms with Gasteiger partial charge in [0.15, 0.2) is 0 Å². The topological polar surface area (TPSA) is 101 Å². The van der Waals surface area contributed by atoms with E-state index in [1.54, 1.807) is 13.8 Å². The summed E-state index contributed by atoms with van der Waals surface area (Å²) in [7, 11) is 0. The quantitative estimate of drug-likeness (QED) is 0.309. The van der Waals surface area contributed by atoms with E-state index in [0.717, 1.165) is 22.0 Å². The highest BCUT2D eigenvalue weighted by Crippen LogP contribution is 2.44. The number of thiophene rings is 1. The number of pyridine rings is 1. The molecule has 6 rings (SSSR count). The number of para-hydroxylation sites is 1. The monoisotopic (exact) mass is 480 g/mol. The highest BCUT2D eigenvalue weighted by Gasteiger charge is 2.29. The number of aromatic amines is 2. The SMILES string of the molecule is CCOC(=O)c1c(-c2ccccc2)nc2sc3c(=O)[nH]c(C)nc3c2c1-c1c[nH]c2ccccc12. The van der Waals surface area contributed by atoms with Gasteiger partial charge in [0.2, 0.25) is 0 Å². The summed E-state index contributed by atoms with van der Waals surface area (Å²) in [6.45, 7) is 3.75. The van der Waals surface area contributed by atoms with Crippen LogP contribution in [0, 0.1) is 6.92 Å². The van der Waals surface area contributed by atoms with Crippen molar-refractivity contribution in [3.8, 4) is 22.4 Å². The number of aromatic nitrogens is 4. The Kier molecular flexibility index (Phi) is 4.96. The Morgan fingerprint density at radius 2 is 1.83 bits per heavy atom. The van der Waals surface area contributed by atoms with Gasteiger partial charge >= 0.3 is 5.97 Å². The summed E-state index contributed by atoms with van der Waals surface area (Å²) >= 11 is 1.28. The lowest BCUT2D eigenvalue weighted by Gasteiger charge is -2.15. The minimum atomic E-state index is -0.470. The van der Waals surface area contributed by atoms with Crippen molar-refractivity contribution in [3.63, 3.8) is 0 Å². The Bertz CT molecular complexity index is 1820. The molecule has 0 atom stereocenters. The average Bonchev–Trinajstić information content (AvgIpc) is 3.45. The van der Waals surface area contributed by atoms with Crippen LogP contribution >= 0.6 is 11.3 Å². The number of benzene rings is 2. The summed E-state index contributed by atoms with van der Waals surface area (Å²) in [5.74, 6) is 0.0267. The van der Waals surface area contributed by atoms with E-state index in [9.17, 15) is 9.59 Å². The number of H-pyrrole nitrogens is 2. The first-order valence-corrected chi connectivity index (χ1v) is 12.0. The van der Waals surface area contributed by atoms with E-state index in [2.05, 4.69) is 15.0 Å². The molecular formula is C27H20N4O3S. The fraction of sp³-hybridized carbons (Fsp3) is 0.111. The molecule has 0 radical (unpaired) electrons. The lowest BCUT2D eigenvalue weighted by molar-refractivity contribution is 0.0528. The largest absolute Gasteiger partial charge is 0.462 e. The van der Waals surface area contributed by atoms with E-state index in [-0.39, 0.29) is 12.2 Å². The Labute approximate surface area is 203 Å². The molecule has 0 aliphatic rings. The number of ether oxygens (including phenoxy) is 1. The van der Waals surface area contributed by atoms with Crippen molar-refractivity contribution < 1.29 is 9.53 Å². The van der Waals surface area contributed by atoms with Gasteiger partial charge in [-0.1, -0.05) is 48.5 Å². The molecule has 0 fully saturated rings. The van der Waals surface area contributed by atoms with Crippen molar-refractivity contribution in [1.82, 2.24) is 19.9 Å². The van der Waals surface area contributed by atoms with E-state index < -0.39 is 5.97 Å². The number of esters is 1. The Hall–Kier alpha value is -4.30. The van der Waals surface area contributed by atoms with Crippen LogP contribution in [0.15, 0.2) is 65.6 Å². The summed E-state index contributed by atoms with van der Waals surface area (Å²) in [4.78, 5) is 42.7. The van der Waals surface area contributed by atoms with Crippen LogP contribution in [0.5, 0.6) is 0 Å². The van der Waals surface area contributed by atoms with Crippen molar-refractivity contribution >= 4 is 48.6 Å². The second kappa shape index (κ2) is 8.18. The maximum Gasteiger partial charge on any atom is 0.341 e. The molecule has 4 heterocycles. The Balaban J connectivity index is 1.87. The molecule has 35 heavy (non-hydrogen) atoms. The van der Waals surface area contributed by atoms with E-state index in [1.807, 2.05) is 60.8 Å². The van der Waals surface area contributed by atoms with Gasteiger partial charge in [0, 0.05) is 39.2 Å². The van der Waals surface area contributed by atoms with Crippen LogP contribution in [0.25, 0.3) is 53.7 Å². The number of nitrogens with zero attached hydrogens (tertiary/aromatic N) is 2. The number of fused-ring (bicyclic) bond motifs is 4. The summed E-state index contributed by atoms with van der Waals surface area (Å²) in [6, 6.07) is 17.5. The number of hydrogen-bond donors (Lipinski definition) is 2. The molecule has 0 amide bonds. The van der Waals surface area contributed by atoms with Gasteiger partial charge in [-0.05, 0) is 19.9 Å². The third-order valence-corrected chi connectivity index (χ3v) is 7.05. The van der Waals surface area contributed by atoms with Gasteiger partial charge in [-0.2, -0.15) is 0 Å². The number of aryl methyl sites for hydroxylation is 1. The first kappa shape index (κ1) is 21.2. The standard InChI is InChI=1S/C27H20N4O3S/c1-3-34-27(33)21-19(17-13-28-18-12-8-7-11-16(17)18)20-23-24(25(32)30-14(2)29-23)35-26(20)31-22(21)15-9-5-4-6-10-15/h4-13,28H,3H2,1-2H3,(H,29,30,32). The smallest absolute Gasteiger partial charge is 0.341 e. The normalized spacial score (nSPS) is 11.5. The van der Waals surface area contributed by atoms with Crippen LogP contribution in [0.1, 0.15) is 23.1 Å². The second-order valence-electron chi connectivity index (χ2n) is 8.16. The second-order valence-corrected chi connectivity index (χ2v) is 9.16. The van der Waals surface area contributed by atoms with Crippen molar-refractivity contribution in [2.75, 3.05) is 6.61 Å². The van der Waals surface area contributed by atoms with Crippen LogP contribution < -0.4 is 5.56 Å². The summed E-state index contributed by atoms with van der Waals surface area (Å²) in [6.07, 6.45) is 1.89. The molecule has 6 aromatic rings. The zero-order chi connectivity index (χ0) is 24.1. The van der Waals surface area contributed by atoms with Crippen molar-refractivity contribution in [3.05, 3.63) is 82.5 Å². The molecule has 0 saturated heterocycles. The molecule has 2 N–H and O–H groups in total. The molecule has 0 unspecified atom stereocenters. The van der Waals surface area contributed by atoms with Gasteiger partial charge in [-0.3, -0.25) is 4.79 Å². The minimum absolute atomic E-state index is 0.222. The molecule has 2 aromatic carbocycles. The molecule has 0 aliphatic heterocycles. The summed E-state index contributed by atoms with van der Waals surface area (Å²) in [5, 5.41) is 1.62. The fourth-order valence-corrected chi connectivity index (χ4v) is 5.57. The summed E-state index contributed by atoms with van der Waals surface area (Å²) < 4.78 is 6.02. The molecule has 0 saturated carbocycles.